The minimum atomic E-state index is -4.41. The number of anilines is 1. The van der Waals surface area contributed by atoms with E-state index in [2.05, 4.69) is 20.1 Å². The zero-order valence-corrected chi connectivity index (χ0v) is 13.4. The highest BCUT2D eigenvalue weighted by Crippen LogP contribution is 2.38. The normalized spacial score (nSPS) is 18.7. The highest BCUT2D eigenvalue weighted by atomic mass is 19.4. The van der Waals surface area contributed by atoms with E-state index in [1.165, 1.54) is 12.3 Å². The molecule has 0 amide bonds. The van der Waals surface area contributed by atoms with Crippen molar-refractivity contribution >= 4 is 16.6 Å². The Balaban J connectivity index is 1.74. The molecule has 2 aromatic heterocycles. The number of halogens is 3. The maximum atomic E-state index is 13.3. The molecule has 1 unspecified atom stereocenters. The molecule has 0 spiro atoms. The average Bonchev–Trinajstić information content (AvgIpc) is 3.15. The highest BCUT2D eigenvalue weighted by Gasteiger charge is 2.34. The molecule has 1 saturated heterocycles. The lowest BCUT2D eigenvalue weighted by molar-refractivity contribution is -0.136. The molecule has 0 aliphatic carbocycles. The number of hydrogen-bond acceptors (Lipinski definition) is 3. The summed E-state index contributed by atoms with van der Waals surface area (Å²) in [6.07, 6.45) is 0.798. The zero-order chi connectivity index (χ0) is 17.4. The smallest absolute Gasteiger partial charge is 0.370 e. The summed E-state index contributed by atoms with van der Waals surface area (Å²) in [7, 11) is 0. The molecule has 3 aromatic rings. The monoisotopic (exact) mass is 346 g/mol. The number of hydrogen-bond donors (Lipinski definition) is 1. The number of benzene rings is 1. The van der Waals surface area contributed by atoms with Gasteiger partial charge in [0, 0.05) is 48.2 Å². The van der Waals surface area contributed by atoms with Crippen molar-refractivity contribution in [1.29, 1.82) is 0 Å². The van der Waals surface area contributed by atoms with Crippen molar-refractivity contribution in [1.82, 2.24) is 15.2 Å². The molecule has 4 nitrogen and oxygen atoms in total. The van der Waals surface area contributed by atoms with Gasteiger partial charge in [-0.1, -0.05) is 12.1 Å². The molecule has 1 aromatic carbocycles. The summed E-state index contributed by atoms with van der Waals surface area (Å²) in [5, 5.41) is 7.56. The van der Waals surface area contributed by atoms with Crippen LogP contribution in [0.4, 0.5) is 18.9 Å². The van der Waals surface area contributed by atoms with Crippen LogP contribution >= 0.6 is 0 Å². The van der Waals surface area contributed by atoms with E-state index in [-0.39, 0.29) is 5.52 Å². The largest absolute Gasteiger partial charge is 0.418 e. The van der Waals surface area contributed by atoms with Gasteiger partial charge in [-0.3, -0.25) is 10.1 Å². The van der Waals surface area contributed by atoms with Gasteiger partial charge in [0.05, 0.1) is 11.1 Å². The molecule has 25 heavy (non-hydrogen) atoms. The molecular formula is C18H17F3N4. The van der Waals surface area contributed by atoms with Crippen LogP contribution in [0, 0.1) is 0 Å². The SMILES string of the molecule is FC(F)(F)c1cccc2c(N3CCCC(c4ccn[nH]4)C3)ccnc12. The zero-order valence-electron chi connectivity index (χ0n) is 13.4. The average molecular weight is 346 g/mol. The summed E-state index contributed by atoms with van der Waals surface area (Å²) in [4.78, 5) is 6.16. The highest BCUT2D eigenvalue weighted by molar-refractivity contribution is 5.93. The first-order chi connectivity index (χ1) is 12.0. The Labute approximate surface area is 142 Å². The van der Waals surface area contributed by atoms with Gasteiger partial charge < -0.3 is 4.90 Å². The molecule has 7 heteroatoms. The second kappa shape index (κ2) is 6.06. The van der Waals surface area contributed by atoms with E-state index in [0.717, 1.165) is 43.4 Å². The standard InChI is InChI=1S/C18H17F3N4/c19-18(20,21)14-5-1-4-13-16(7-8-22-17(13)14)25-10-2-3-12(11-25)15-6-9-23-24-15/h1,4-9,12H,2-3,10-11H2,(H,23,24). The number of para-hydroxylation sites is 1. The predicted octanol–water partition coefficient (Wildman–Crippen LogP) is 4.36. The predicted molar refractivity (Wildman–Crippen MR) is 89.5 cm³/mol. The molecule has 1 aliphatic rings. The number of aromatic amines is 1. The van der Waals surface area contributed by atoms with E-state index in [1.54, 1.807) is 18.3 Å². The van der Waals surface area contributed by atoms with Crippen LogP contribution < -0.4 is 4.90 Å². The maximum Gasteiger partial charge on any atom is 0.418 e. The van der Waals surface area contributed by atoms with Crippen LogP contribution in [0.25, 0.3) is 10.9 Å². The van der Waals surface area contributed by atoms with Crippen molar-refractivity contribution in [2.75, 3.05) is 18.0 Å². The van der Waals surface area contributed by atoms with E-state index in [0.29, 0.717) is 11.3 Å². The Morgan fingerprint density at radius 3 is 2.76 bits per heavy atom. The number of nitrogens with one attached hydrogen (secondary N) is 1. The van der Waals surface area contributed by atoms with Crippen molar-refractivity contribution in [2.45, 2.75) is 24.9 Å². The van der Waals surface area contributed by atoms with Crippen molar-refractivity contribution in [2.24, 2.45) is 0 Å². The van der Waals surface area contributed by atoms with E-state index in [1.807, 2.05) is 6.07 Å². The van der Waals surface area contributed by atoms with Crippen molar-refractivity contribution in [3.8, 4) is 0 Å². The molecule has 0 saturated carbocycles. The Morgan fingerprint density at radius 1 is 1.12 bits per heavy atom. The molecule has 130 valence electrons. The number of rotatable bonds is 2. The molecule has 1 fully saturated rings. The Bertz CT molecular complexity index is 874. The van der Waals surface area contributed by atoms with Gasteiger partial charge in [0.2, 0.25) is 0 Å². The minimum absolute atomic E-state index is 0.0103. The summed E-state index contributed by atoms with van der Waals surface area (Å²) in [6.45, 7) is 1.57. The lowest BCUT2D eigenvalue weighted by atomic mass is 9.94. The number of pyridine rings is 1. The van der Waals surface area contributed by atoms with Crippen LogP contribution in [0.5, 0.6) is 0 Å². The van der Waals surface area contributed by atoms with E-state index in [4.69, 9.17) is 0 Å². The Hall–Kier alpha value is -2.57. The van der Waals surface area contributed by atoms with Crippen molar-refractivity contribution in [3.05, 3.63) is 54.0 Å². The molecule has 0 radical (unpaired) electrons. The van der Waals surface area contributed by atoms with Gasteiger partial charge in [0.25, 0.3) is 0 Å². The first-order valence-corrected chi connectivity index (χ1v) is 8.23. The van der Waals surface area contributed by atoms with Gasteiger partial charge in [0.15, 0.2) is 0 Å². The lowest BCUT2D eigenvalue weighted by Crippen LogP contribution is -2.34. The molecule has 0 bridgehead atoms. The first-order valence-electron chi connectivity index (χ1n) is 8.23. The number of alkyl halides is 3. The summed E-state index contributed by atoms with van der Waals surface area (Å²) in [5.74, 6) is 0.297. The third-order valence-corrected chi connectivity index (χ3v) is 4.78. The number of fused-ring (bicyclic) bond motifs is 1. The van der Waals surface area contributed by atoms with Gasteiger partial charge in [-0.15, -0.1) is 0 Å². The van der Waals surface area contributed by atoms with Gasteiger partial charge in [0.1, 0.15) is 0 Å². The van der Waals surface area contributed by atoms with Crippen LogP contribution in [0.3, 0.4) is 0 Å². The van der Waals surface area contributed by atoms with Crippen LogP contribution in [0.1, 0.15) is 30.0 Å². The van der Waals surface area contributed by atoms with Gasteiger partial charge in [-0.2, -0.15) is 18.3 Å². The second-order valence-electron chi connectivity index (χ2n) is 6.33. The molecule has 3 heterocycles. The fourth-order valence-corrected chi connectivity index (χ4v) is 3.61. The van der Waals surface area contributed by atoms with E-state index < -0.39 is 11.7 Å². The molecule has 1 aliphatic heterocycles. The van der Waals surface area contributed by atoms with Crippen molar-refractivity contribution < 1.29 is 13.2 Å². The minimum Gasteiger partial charge on any atom is -0.370 e. The van der Waals surface area contributed by atoms with Crippen molar-refractivity contribution in [3.63, 3.8) is 0 Å². The number of piperidine rings is 1. The van der Waals surface area contributed by atoms with Gasteiger partial charge >= 0.3 is 6.18 Å². The number of H-pyrrole nitrogens is 1. The van der Waals surface area contributed by atoms with Crippen LogP contribution in [0.2, 0.25) is 0 Å². The lowest BCUT2D eigenvalue weighted by Gasteiger charge is -2.34. The fraction of sp³-hybridized carbons (Fsp3) is 0.333. The van der Waals surface area contributed by atoms with Crippen LogP contribution in [0.15, 0.2) is 42.7 Å². The van der Waals surface area contributed by atoms with E-state index in [9.17, 15) is 13.2 Å². The van der Waals surface area contributed by atoms with E-state index >= 15 is 0 Å². The summed E-state index contributed by atoms with van der Waals surface area (Å²) in [6, 6.07) is 8.01. The quantitative estimate of drug-likeness (QED) is 0.750. The number of nitrogens with zero attached hydrogens (tertiary/aromatic N) is 3. The number of aromatic nitrogens is 3. The third-order valence-electron chi connectivity index (χ3n) is 4.78. The molecule has 4 rings (SSSR count). The maximum absolute atomic E-state index is 13.3. The molecule has 1 atom stereocenters. The van der Waals surface area contributed by atoms with Gasteiger partial charge in [-0.25, -0.2) is 0 Å². The summed E-state index contributed by atoms with van der Waals surface area (Å²) < 4.78 is 39.8. The second-order valence-corrected chi connectivity index (χ2v) is 6.33. The molecule has 1 N–H and O–H groups in total. The van der Waals surface area contributed by atoms with Crippen LogP contribution in [-0.2, 0) is 6.18 Å². The topological polar surface area (TPSA) is 44.8 Å². The Kier molecular flexibility index (Phi) is 3.86. The van der Waals surface area contributed by atoms with Crippen LogP contribution in [-0.4, -0.2) is 28.3 Å². The molecular weight excluding hydrogens is 329 g/mol. The first kappa shape index (κ1) is 15.9. The summed E-state index contributed by atoms with van der Waals surface area (Å²) in [5.41, 5.74) is 1.20. The third kappa shape index (κ3) is 2.94. The summed E-state index contributed by atoms with van der Waals surface area (Å²) >= 11 is 0. The fourth-order valence-electron chi connectivity index (χ4n) is 3.61. The Morgan fingerprint density at radius 2 is 2.00 bits per heavy atom. The van der Waals surface area contributed by atoms with Gasteiger partial charge in [-0.05, 0) is 31.0 Å².